The van der Waals surface area contributed by atoms with Gasteiger partial charge in [0.25, 0.3) is 0 Å². The summed E-state index contributed by atoms with van der Waals surface area (Å²) in [5.41, 5.74) is 4.66. The van der Waals surface area contributed by atoms with Gasteiger partial charge in [-0.25, -0.2) is 0 Å². The van der Waals surface area contributed by atoms with Gasteiger partial charge in [-0.2, -0.15) is 0 Å². The molecule has 0 unspecified atom stereocenters. The molecule has 0 bridgehead atoms. The van der Waals surface area contributed by atoms with Gasteiger partial charge in [0.15, 0.2) is 0 Å². The van der Waals surface area contributed by atoms with E-state index in [1.165, 1.54) is 11.1 Å². The maximum Gasteiger partial charge on any atom is 0.116 e. The lowest BCUT2D eigenvalue weighted by molar-refractivity contribution is 0.476. The zero-order chi connectivity index (χ0) is 20.8. The summed E-state index contributed by atoms with van der Waals surface area (Å²) in [5.74, 6) is 0.272. The molecular formula is C28H20N2O. The summed E-state index contributed by atoms with van der Waals surface area (Å²) < 4.78 is 2.40. The highest BCUT2D eigenvalue weighted by Crippen LogP contribution is 2.39. The van der Waals surface area contributed by atoms with Gasteiger partial charge in [0.2, 0.25) is 0 Å². The fourth-order valence-corrected chi connectivity index (χ4v) is 4.66. The van der Waals surface area contributed by atoms with Crippen LogP contribution in [0.1, 0.15) is 17.2 Å². The predicted molar refractivity (Wildman–Crippen MR) is 127 cm³/mol. The van der Waals surface area contributed by atoms with Crippen LogP contribution in [0.15, 0.2) is 109 Å². The quantitative estimate of drug-likeness (QED) is 0.359. The average Bonchev–Trinajstić information content (AvgIpc) is 3.12. The Morgan fingerprint density at radius 2 is 1.32 bits per heavy atom. The minimum atomic E-state index is 0.00577. The van der Waals surface area contributed by atoms with Crippen molar-refractivity contribution in [3.05, 3.63) is 121 Å². The van der Waals surface area contributed by atoms with E-state index in [1.807, 2.05) is 30.6 Å². The summed E-state index contributed by atoms with van der Waals surface area (Å²) in [7, 11) is 0. The van der Waals surface area contributed by atoms with E-state index in [0.717, 1.165) is 32.6 Å². The first-order valence-electron chi connectivity index (χ1n) is 10.4. The first-order chi connectivity index (χ1) is 15.3. The van der Waals surface area contributed by atoms with Crippen LogP contribution in [-0.4, -0.2) is 14.7 Å². The molecule has 6 rings (SSSR count). The number of nitrogens with zero attached hydrogens (tertiary/aromatic N) is 2. The van der Waals surface area contributed by atoms with E-state index >= 15 is 0 Å². The topological polar surface area (TPSA) is 38.1 Å². The van der Waals surface area contributed by atoms with Gasteiger partial charge in [0, 0.05) is 28.6 Å². The molecule has 3 heteroatoms. The number of hydrogen-bond acceptors (Lipinski definition) is 2. The highest BCUT2D eigenvalue weighted by molar-refractivity contribution is 6.13. The number of fused-ring (bicyclic) bond motifs is 4. The largest absolute Gasteiger partial charge is 0.508 e. The zero-order valence-corrected chi connectivity index (χ0v) is 16.8. The molecule has 2 heterocycles. The molecule has 6 aromatic rings. The van der Waals surface area contributed by atoms with Crippen molar-refractivity contribution in [3.63, 3.8) is 0 Å². The van der Waals surface area contributed by atoms with Gasteiger partial charge in [0.1, 0.15) is 5.75 Å². The maximum absolute atomic E-state index is 10.3. The predicted octanol–water partition coefficient (Wildman–Crippen LogP) is 6.69. The van der Waals surface area contributed by atoms with E-state index in [4.69, 9.17) is 0 Å². The van der Waals surface area contributed by atoms with Crippen LogP contribution in [0.5, 0.6) is 5.75 Å². The smallest absolute Gasteiger partial charge is 0.116 e. The Bertz CT molecular complexity index is 1500. The summed E-state index contributed by atoms with van der Waals surface area (Å²) in [6.07, 6.45) is 3.73. The van der Waals surface area contributed by atoms with Gasteiger partial charge in [-0.1, -0.05) is 60.7 Å². The lowest BCUT2D eigenvalue weighted by Crippen LogP contribution is -2.12. The third kappa shape index (κ3) is 2.86. The van der Waals surface area contributed by atoms with Crippen molar-refractivity contribution in [2.24, 2.45) is 0 Å². The molecule has 0 aliphatic carbocycles. The number of rotatable bonds is 3. The molecule has 148 valence electrons. The van der Waals surface area contributed by atoms with Crippen LogP contribution >= 0.6 is 0 Å². The first kappa shape index (κ1) is 17.7. The van der Waals surface area contributed by atoms with Crippen molar-refractivity contribution < 1.29 is 5.11 Å². The van der Waals surface area contributed by atoms with Crippen LogP contribution < -0.4 is 0 Å². The fourth-order valence-electron chi connectivity index (χ4n) is 4.66. The maximum atomic E-state index is 10.3. The molecule has 0 fully saturated rings. The summed E-state index contributed by atoms with van der Waals surface area (Å²) >= 11 is 0. The molecule has 2 aromatic heterocycles. The Morgan fingerprint density at radius 1 is 0.645 bits per heavy atom. The van der Waals surface area contributed by atoms with Gasteiger partial charge in [-0.15, -0.1) is 0 Å². The van der Waals surface area contributed by atoms with Gasteiger partial charge >= 0.3 is 0 Å². The average molecular weight is 400 g/mol. The number of benzene rings is 4. The zero-order valence-electron chi connectivity index (χ0n) is 16.8. The number of pyridine rings is 1. The van der Waals surface area contributed by atoms with Crippen molar-refractivity contribution >= 4 is 32.6 Å². The molecule has 4 aromatic carbocycles. The van der Waals surface area contributed by atoms with Crippen molar-refractivity contribution in [2.45, 2.75) is 6.04 Å². The lowest BCUT2D eigenvalue weighted by atomic mass is 9.98. The Morgan fingerprint density at radius 3 is 2.03 bits per heavy atom. The van der Waals surface area contributed by atoms with Crippen molar-refractivity contribution in [1.29, 1.82) is 0 Å². The van der Waals surface area contributed by atoms with Crippen LogP contribution in [0.4, 0.5) is 0 Å². The van der Waals surface area contributed by atoms with Crippen molar-refractivity contribution in [2.75, 3.05) is 0 Å². The highest BCUT2D eigenvalue weighted by Gasteiger charge is 2.22. The number of aromatic nitrogens is 2. The monoisotopic (exact) mass is 400 g/mol. The molecule has 31 heavy (non-hydrogen) atoms. The number of aromatic hydroxyl groups is 1. The second-order valence-electron chi connectivity index (χ2n) is 7.89. The van der Waals surface area contributed by atoms with Crippen LogP contribution in [-0.2, 0) is 0 Å². The third-order valence-electron chi connectivity index (χ3n) is 6.03. The van der Waals surface area contributed by atoms with E-state index in [1.54, 1.807) is 6.07 Å². The van der Waals surface area contributed by atoms with E-state index < -0.39 is 0 Å². The number of phenols is 1. The lowest BCUT2D eigenvalue weighted by Gasteiger charge is -2.23. The third-order valence-corrected chi connectivity index (χ3v) is 6.03. The first-order valence-corrected chi connectivity index (χ1v) is 10.4. The van der Waals surface area contributed by atoms with Crippen LogP contribution in [0.25, 0.3) is 32.6 Å². The second-order valence-corrected chi connectivity index (χ2v) is 7.89. The van der Waals surface area contributed by atoms with Gasteiger partial charge in [-0.05, 0) is 52.9 Å². The van der Waals surface area contributed by atoms with Gasteiger partial charge in [0.05, 0.1) is 17.1 Å². The summed E-state index contributed by atoms with van der Waals surface area (Å²) in [4.78, 5) is 4.30. The van der Waals surface area contributed by atoms with Gasteiger partial charge < -0.3 is 9.67 Å². The van der Waals surface area contributed by atoms with E-state index in [0.29, 0.717) is 0 Å². The molecule has 0 atom stereocenters. The minimum absolute atomic E-state index is 0.00577. The van der Waals surface area contributed by atoms with E-state index in [-0.39, 0.29) is 11.8 Å². The van der Waals surface area contributed by atoms with Crippen LogP contribution in [0, 0.1) is 0 Å². The SMILES string of the molecule is Oc1ccc2c(c1)c1cc3cnccc3cc1n2C(c1ccccc1)c1ccccc1. The Balaban J connectivity index is 1.78. The molecule has 0 aliphatic rings. The summed E-state index contributed by atoms with van der Waals surface area (Å²) in [6.45, 7) is 0. The Hall–Kier alpha value is -4.11. The summed E-state index contributed by atoms with van der Waals surface area (Å²) in [6, 6.07) is 33.3. The number of phenolic OH excluding ortho intramolecular Hbond substituents is 1. The Kier molecular flexibility index (Phi) is 4.00. The van der Waals surface area contributed by atoms with Crippen LogP contribution in [0.2, 0.25) is 0 Å². The van der Waals surface area contributed by atoms with Crippen LogP contribution in [0.3, 0.4) is 0 Å². The van der Waals surface area contributed by atoms with E-state index in [9.17, 15) is 5.11 Å². The summed E-state index contributed by atoms with van der Waals surface area (Å²) in [5, 5.41) is 14.7. The van der Waals surface area contributed by atoms with Crippen molar-refractivity contribution in [1.82, 2.24) is 9.55 Å². The number of hydrogen-bond donors (Lipinski definition) is 1. The molecular weight excluding hydrogens is 380 g/mol. The molecule has 0 radical (unpaired) electrons. The molecule has 0 amide bonds. The molecule has 1 N–H and O–H groups in total. The highest BCUT2D eigenvalue weighted by atomic mass is 16.3. The second kappa shape index (κ2) is 6.99. The molecule has 3 nitrogen and oxygen atoms in total. The molecule has 0 saturated carbocycles. The minimum Gasteiger partial charge on any atom is -0.508 e. The van der Waals surface area contributed by atoms with Crippen molar-refractivity contribution in [3.8, 4) is 5.75 Å². The van der Waals surface area contributed by atoms with Gasteiger partial charge in [-0.3, -0.25) is 4.98 Å². The van der Waals surface area contributed by atoms with E-state index in [2.05, 4.69) is 82.3 Å². The normalized spacial score (nSPS) is 11.6. The molecule has 0 saturated heterocycles. The molecule has 0 aliphatic heterocycles. The molecule has 0 spiro atoms. The Labute approximate surface area is 179 Å². The standard InChI is InChI=1S/C28H20N2O/c31-23-11-12-26-25(17-23)24-15-22-18-29-14-13-21(22)16-27(24)30(26)28(19-7-3-1-4-8-19)20-9-5-2-6-10-20/h1-18,28,31H. The fraction of sp³-hybridized carbons (Fsp3) is 0.0357.